The van der Waals surface area contributed by atoms with E-state index in [1.165, 1.54) is 0 Å². The van der Waals surface area contributed by atoms with Gasteiger partial charge in [0.2, 0.25) is 0 Å². The lowest BCUT2D eigenvalue weighted by molar-refractivity contribution is 0.0445. The summed E-state index contributed by atoms with van der Waals surface area (Å²) in [7, 11) is -3.21. The molecule has 1 atom stereocenters. The van der Waals surface area contributed by atoms with Gasteiger partial charge in [0.25, 0.3) is 0 Å². The molecule has 0 N–H and O–H groups in total. The average Bonchev–Trinajstić information content (AvgIpc) is 2.76. The molecular weight excluding hydrogens is 332 g/mol. The third-order valence-electron chi connectivity index (χ3n) is 3.28. The number of rotatable bonds is 2. The van der Waals surface area contributed by atoms with Crippen molar-refractivity contribution in [2.45, 2.75) is 12.5 Å². The minimum Gasteiger partial charge on any atom is -0.450 e. The molecule has 0 saturated heterocycles. The zero-order valence-corrected chi connectivity index (χ0v) is 13.2. The number of carbonyl (C=O) groups is 1. The maximum absolute atomic E-state index is 12.2. The molecular formula is C14H11ClO4S2. The number of carbonyl (C=O) groups excluding carboxylic acids is 1. The van der Waals surface area contributed by atoms with Crippen LogP contribution < -0.4 is 0 Å². The van der Waals surface area contributed by atoms with Gasteiger partial charge in [0.1, 0.15) is 10.3 Å². The van der Waals surface area contributed by atoms with Crippen LogP contribution in [-0.2, 0) is 14.6 Å². The number of benzene rings is 1. The average molecular weight is 343 g/mol. The maximum atomic E-state index is 12.2. The minimum absolute atomic E-state index is 0.0759. The SMILES string of the molecule is O=C(OC1C=CSC2=C1CCS2(=O)=O)c1ccccc1Cl. The molecule has 110 valence electrons. The molecule has 2 aliphatic rings. The normalized spacial score (nSPS) is 23.0. The van der Waals surface area contributed by atoms with Gasteiger partial charge < -0.3 is 4.74 Å². The Labute approximate surface area is 131 Å². The lowest BCUT2D eigenvalue weighted by atomic mass is 10.1. The molecule has 1 aromatic carbocycles. The fraction of sp³-hybridized carbons (Fsp3) is 0.214. The van der Waals surface area contributed by atoms with Gasteiger partial charge in [-0.2, -0.15) is 0 Å². The highest BCUT2D eigenvalue weighted by Crippen LogP contribution is 2.41. The fourth-order valence-electron chi connectivity index (χ4n) is 2.25. The summed E-state index contributed by atoms with van der Waals surface area (Å²) >= 11 is 7.13. The van der Waals surface area contributed by atoms with Gasteiger partial charge >= 0.3 is 5.97 Å². The second kappa shape index (κ2) is 5.51. The number of halogens is 1. The third kappa shape index (κ3) is 2.75. The van der Waals surface area contributed by atoms with E-state index in [1.54, 1.807) is 35.7 Å². The van der Waals surface area contributed by atoms with Crippen molar-refractivity contribution in [3.63, 3.8) is 0 Å². The summed E-state index contributed by atoms with van der Waals surface area (Å²) in [6, 6.07) is 6.60. The van der Waals surface area contributed by atoms with Crippen molar-refractivity contribution in [2.75, 3.05) is 5.75 Å². The maximum Gasteiger partial charge on any atom is 0.340 e. The molecule has 0 bridgehead atoms. The molecule has 2 heterocycles. The summed E-state index contributed by atoms with van der Waals surface area (Å²) in [6.07, 6.45) is 1.46. The van der Waals surface area contributed by atoms with Crippen LogP contribution in [0.2, 0.25) is 5.02 Å². The Morgan fingerprint density at radius 3 is 2.86 bits per heavy atom. The zero-order chi connectivity index (χ0) is 15.0. The number of sulfone groups is 1. The molecule has 7 heteroatoms. The van der Waals surface area contributed by atoms with E-state index in [0.717, 1.165) is 11.8 Å². The summed E-state index contributed by atoms with van der Waals surface area (Å²) in [5.74, 6) is -0.481. The summed E-state index contributed by atoms with van der Waals surface area (Å²) in [6.45, 7) is 0. The lowest BCUT2D eigenvalue weighted by Gasteiger charge is -2.19. The Morgan fingerprint density at radius 2 is 2.10 bits per heavy atom. The van der Waals surface area contributed by atoms with Crippen molar-refractivity contribution >= 4 is 39.2 Å². The van der Waals surface area contributed by atoms with E-state index in [1.807, 2.05) is 0 Å². The summed E-state index contributed by atoms with van der Waals surface area (Å²) in [4.78, 5) is 12.2. The van der Waals surface area contributed by atoms with E-state index < -0.39 is 21.9 Å². The first-order valence-corrected chi connectivity index (χ1v) is 9.15. The van der Waals surface area contributed by atoms with Crippen LogP contribution in [0.15, 0.2) is 45.6 Å². The molecule has 3 rings (SSSR count). The first-order valence-electron chi connectivity index (χ1n) is 6.24. The monoisotopic (exact) mass is 342 g/mol. The van der Waals surface area contributed by atoms with Crippen LogP contribution >= 0.6 is 23.4 Å². The molecule has 0 aliphatic carbocycles. The van der Waals surface area contributed by atoms with Crippen molar-refractivity contribution in [1.82, 2.24) is 0 Å². The molecule has 0 amide bonds. The lowest BCUT2D eigenvalue weighted by Crippen LogP contribution is -2.20. The highest BCUT2D eigenvalue weighted by atomic mass is 35.5. The van der Waals surface area contributed by atoms with Gasteiger partial charge in [-0.1, -0.05) is 35.5 Å². The summed E-state index contributed by atoms with van der Waals surface area (Å²) in [5.41, 5.74) is 0.928. The third-order valence-corrected chi connectivity index (χ3v) is 7.00. The molecule has 0 aromatic heterocycles. The predicted octanol–water partition coefficient (Wildman–Crippen LogP) is 3.16. The van der Waals surface area contributed by atoms with E-state index >= 15 is 0 Å². The van der Waals surface area contributed by atoms with Gasteiger partial charge in [-0.3, -0.25) is 0 Å². The van der Waals surface area contributed by atoms with Crippen LogP contribution in [0.1, 0.15) is 16.8 Å². The highest BCUT2D eigenvalue weighted by molar-refractivity contribution is 8.20. The van der Waals surface area contributed by atoms with Gasteiger partial charge in [-0.05, 0) is 30.0 Å². The fourth-order valence-corrected chi connectivity index (χ4v) is 5.47. The molecule has 4 nitrogen and oxygen atoms in total. The highest BCUT2D eigenvalue weighted by Gasteiger charge is 2.36. The van der Waals surface area contributed by atoms with Crippen molar-refractivity contribution < 1.29 is 17.9 Å². The predicted molar refractivity (Wildman–Crippen MR) is 82.8 cm³/mol. The largest absolute Gasteiger partial charge is 0.450 e. The van der Waals surface area contributed by atoms with Crippen molar-refractivity contribution in [2.24, 2.45) is 0 Å². The van der Waals surface area contributed by atoms with Crippen LogP contribution in [0, 0.1) is 0 Å². The van der Waals surface area contributed by atoms with Crippen molar-refractivity contribution in [3.8, 4) is 0 Å². The summed E-state index contributed by atoms with van der Waals surface area (Å²) < 4.78 is 29.5. The molecule has 0 spiro atoms. The molecule has 0 radical (unpaired) electrons. The van der Waals surface area contributed by atoms with Gasteiger partial charge in [0.05, 0.1) is 16.3 Å². The standard InChI is InChI=1S/C14H11ClO4S2/c15-11-4-2-1-3-9(11)13(16)19-12-5-7-20-14-10(12)6-8-21(14,17)18/h1-5,7,12H,6,8H2. The van der Waals surface area contributed by atoms with E-state index in [-0.39, 0.29) is 11.3 Å². The van der Waals surface area contributed by atoms with Crippen molar-refractivity contribution in [1.29, 1.82) is 0 Å². The Kier molecular flexibility index (Phi) is 3.86. The smallest absolute Gasteiger partial charge is 0.340 e. The van der Waals surface area contributed by atoms with Gasteiger partial charge in [0, 0.05) is 5.57 Å². The van der Waals surface area contributed by atoms with Gasteiger partial charge in [-0.25, -0.2) is 13.2 Å². The van der Waals surface area contributed by atoms with Crippen LogP contribution in [-0.4, -0.2) is 26.2 Å². The Morgan fingerprint density at radius 1 is 1.33 bits per heavy atom. The number of thioether (sulfide) groups is 1. The molecule has 1 unspecified atom stereocenters. The second-order valence-electron chi connectivity index (χ2n) is 4.63. The van der Waals surface area contributed by atoms with Crippen LogP contribution in [0.25, 0.3) is 0 Å². The minimum atomic E-state index is -3.21. The number of hydrogen-bond acceptors (Lipinski definition) is 5. The Hall–Kier alpha value is -1.24. The Bertz CT molecular complexity index is 765. The molecule has 0 saturated carbocycles. The quantitative estimate of drug-likeness (QED) is 0.773. The summed E-state index contributed by atoms with van der Waals surface area (Å²) in [5, 5.41) is 1.96. The van der Waals surface area contributed by atoms with Gasteiger partial charge in [-0.15, -0.1) is 0 Å². The Balaban J connectivity index is 1.86. The topological polar surface area (TPSA) is 60.4 Å². The number of esters is 1. The molecule has 1 aromatic rings. The van der Waals surface area contributed by atoms with Crippen LogP contribution in [0.4, 0.5) is 0 Å². The molecule has 2 aliphatic heterocycles. The number of hydrogen-bond donors (Lipinski definition) is 0. The molecule has 21 heavy (non-hydrogen) atoms. The van der Waals surface area contributed by atoms with E-state index in [9.17, 15) is 13.2 Å². The second-order valence-corrected chi connectivity index (χ2v) is 8.26. The van der Waals surface area contributed by atoms with E-state index in [0.29, 0.717) is 21.3 Å². The first-order chi connectivity index (χ1) is 9.99. The zero-order valence-electron chi connectivity index (χ0n) is 10.8. The first kappa shape index (κ1) is 14.7. The number of ether oxygens (including phenoxy) is 1. The van der Waals surface area contributed by atoms with Crippen LogP contribution in [0.5, 0.6) is 0 Å². The van der Waals surface area contributed by atoms with E-state index in [2.05, 4.69) is 0 Å². The van der Waals surface area contributed by atoms with Crippen molar-refractivity contribution in [3.05, 3.63) is 56.1 Å². The van der Waals surface area contributed by atoms with E-state index in [4.69, 9.17) is 16.3 Å². The van der Waals surface area contributed by atoms with Gasteiger partial charge in [0.15, 0.2) is 9.84 Å². The molecule has 0 fully saturated rings. The van der Waals surface area contributed by atoms with Crippen LogP contribution in [0.3, 0.4) is 0 Å².